The van der Waals surface area contributed by atoms with Gasteiger partial charge in [-0.25, -0.2) is 0 Å². The molecule has 0 radical (unpaired) electrons. The maximum Gasteiger partial charge on any atom is 0.0707 e. The Balaban J connectivity index is 1.47. The molecule has 0 aromatic rings. The van der Waals surface area contributed by atoms with Gasteiger partial charge in [-0.1, -0.05) is 12.8 Å². The summed E-state index contributed by atoms with van der Waals surface area (Å²) in [6.45, 7) is 6.62. The molecule has 2 aliphatic rings. The molecule has 2 nitrogen and oxygen atoms in total. The van der Waals surface area contributed by atoms with Gasteiger partial charge in [0.25, 0.3) is 0 Å². The van der Waals surface area contributed by atoms with Gasteiger partial charge in [-0.3, -0.25) is 0 Å². The first-order valence-corrected chi connectivity index (χ1v) is 6.54. The highest BCUT2D eigenvalue weighted by Crippen LogP contribution is 2.33. The van der Waals surface area contributed by atoms with Gasteiger partial charge in [-0.2, -0.15) is 0 Å². The lowest BCUT2D eigenvalue weighted by atomic mass is 10.1. The summed E-state index contributed by atoms with van der Waals surface area (Å²) in [6.07, 6.45) is 8.65. The summed E-state index contributed by atoms with van der Waals surface area (Å²) in [5, 5.41) is 3.52. The van der Waals surface area contributed by atoms with Crippen molar-refractivity contribution in [1.29, 1.82) is 0 Å². The van der Waals surface area contributed by atoms with Gasteiger partial charge < -0.3 is 10.1 Å². The fourth-order valence-corrected chi connectivity index (χ4v) is 2.41. The Labute approximate surface area is 93.8 Å². The Morgan fingerprint density at radius 2 is 2.07 bits per heavy atom. The van der Waals surface area contributed by atoms with Crippen LogP contribution in [0.25, 0.3) is 0 Å². The SMILES string of the molecule is CC1(C)CCC(CNCCCC2CC2)O1. The summed E-state index contributed by atoms with van der Waals surface area (Å²) in [4.78, 5) is 0. The third-order valence-electron chi connectivity index (χ3n) is 3.59. The van der Waals surface area contributed by atoms with E-state index < -0.39 is 0 Å². The zero-order valence-electron chi connectivity index (χ0n) is 10.2. The summed E-state index contributed by atoms with van der Waals surface area (Å²) in [6, 6.07) is 0. The minimum absolute atomic E-state index is 0.125. The molecule has 2 rings (SSSR count). The summed E-state index contributed by atoms with van der Waals surface area (Å²) in [7, 11) is 0. The van der Waals surface area contributed by atoms with Crippen molar-refractivity contribution < 1.29 is 4.74 Å². The molecule has 1 atom stereocenters. The normalized spacial score (nSPS) is 29.6. The van der Waals surface area contributed by atoms with E-state index in [1.807, 2.05) is 0 Å². The molecule has 0 amide bonds. The van der Waals surface area contributed by atoms with Gasteiger partial charge in [0.2, 0.25) is 0 Å². The minimum Gasteiger partial charge on any atom is -0.371 e. The Hall–Kier alpha value is -0.0800. The number of nitrogens with one attached hydrogen (secondary N) is 1. The van der Waals surface area contributed by atoms with Gasteiger partial charge in [0.1, 0.15) is 0 Å². The molecule has 1 aliphatic heterocycles. The molecule has 2 fully saturated rings. The minimum atomic E-state index is 0.125. The molecule has 1 aliphatic carbocycles. The average molecular weight is 211 g/mol. The van der Waals surface area contributed by atoms with Crippen molar-refractivity contribution in [2.24, 2.45) is 5.92 Å². The van der Waals surface area contributed by atoms with Crippen LogP contribution in [0.1, 0.15) is 52.4 Å². The van der Waals surface area contributed by atoms with E-state index in [-0.39, 0.29) is 5.60 Å². The van der Waals surface area contributed by atoms with E-state index in [0.29, 0.717) is 6.10 Å². The maximum absolute atomic E-state index is 5.93. The van der Waals surface area contributed by atoms with Crippen LogP contribution in [0.4, 0.5) is 0 Å². The quantitative estimate of drug-likeness (QED) is 0.682. The van der Waals surface area contributed by atoms with Gasteiger partial charge in [-0.15, -0.1) is 0 Å². The van der Waals surface area contributed by atoms with Crippen LogP contribution < -0.4 is 5.32 Å². The fourth-order valence-electron chi connectivity index (χ4n) is 2.41. The summed E-state index contributed by atoms with van der Waals surface area (Å²) >= 11 is 0. The topological polar surface area (TPSA) is 21.3 Å². The van der Waals surface area contributed by atoms with Crippen LogP contribution in [0.2, 0.25) is 0 Å². The summed E-state index contributed by atoms with van der Waals surface area (Å²) < 4.78 is 5.93. The molecule has 88 valence electrons. The zero-order chi connectivity index (χ0) is 10.7. The van der Waals surface area contributed by atoms with Crippen molar-refractivity contribution in [3.8, 4) is 0 Å². The van der Waals surface area contributed by atoms with E-state index in [1.54, 1.807) is 0 Å². The average Bonchev–Trinajstić information content (AvgIpc) is 2.91. The van der Waals surface area contributed by atoms with E-state index in [4.69, 9.17) is 4.74 Å². The Morgan fingerprint density at radius 3 is 2.67 bits per heavy atom. The van der Waals surface area contributed by atoms with Crippen molar-refractivity contribution in [2.75, 3.05) is 13.1 Å². The molecular formula is C13H25NO. The first-order chi connectivity index (χ1) is 7.16. The third kappa shape index (κ3) is 4.12. The van der Waals surface area contributed by atoms with E-state index >= 15 is 0 Å². The van der Waals surface area contributed by atoms with Crippen molar-refractivity contribution >= 4 is 0 Å². The second-order valence-electron chi connectivity index (χ2n) is 5.83. The van der Waals surface area contributed by atoms with E-state index in [1.165, 1.54) is 45.1 Å². The second-order valence-corrected chi connectivity index (χ2v) is 5.83. The molecule has 0 spiro atoms. The van der Waals surface area contributed by atoms with Crippen molar-refractivity contribution in [3.05, 3.63) is 0 Å². The predicted octanol–water partition coefficient (Wildman–Crippen LogP) is 2.72. The molecule has 1 saturated carbocycles. The number of ether oxygens (including phenoxy) is 1. The van der Waals surface area contributed by atoms with Gasteiger partial charge in [0.05, 0.1) is 11.7 Å². The van der Waals surface area contributed by atoms with Crippen molar-refractivity contribution in [2.45, 2.75) is 64.1 Å². The van der Waals surface area contributed by atoms with Crippen LogP contribution in [-0.4, -0.2) is 24.8 Å². The molecule has 0 aromatic heterocycles. The molecule has 0 aromatic carbocycles. The standard InChI is InChI=1S/C13H25NO/c1-13(2)8-7-12(15-13)10-14-9-3-4-11-5-6-11/h11-12,14H,3-10H2,1-2H3. The van der Waals surface area contributed by atoms with E-state index in [0.717, 1.165) is 12.5 Å². The lowest BCUT2D eigenvalue weighted by molar-refractivity contribution is -0.0141. The first kappa shape index (κ1) is 11.4. The number of hydrogen-bond donors (Lipinski definition) is 1. The third-order valence-corrected chi connectivity index (χ3v) is 3.59. The number of rotatable bonds is 6. The van der Waals surface area contributed by atoms with Gasteiger partial charge in [0, 0.05) is 6.54 Å². The predicted molar refractivity (Wildman–Crippen MR) is 63.0 cm³/mol. The smallest absolute Gasteiger partial charge is 0.0707 e. The Bertz CT molecular complexity index is 199. The van der Waals surface area contributed by atoms with Crippen LogP contribution in [-0.2, 0) is 4.74 Å². The Morgan fingerprint density at radius 1 is 1.27 bits per heavy atom. The van der Waals surface area contributed by atoms with E-state index in [9.17, 15) is 0 Å². The van der Waals surface area contributed by atoms with Gasteiger partial charge in [0.15, 0.2) is 0 Å². The highest BCUT2D eigenvalue weighted by Gasteiger charge is 2.31. The van der Waals surface area contributed by atoms with Crippen molar-refractivity contribution in [3.63, 3.8) is 0 Å². The Kier molecular flexibility index (Phi) is 3.68. The largest absolute Gasteiger partial charge is 0.371 e. The van der Waals surface area contributed by atoms with Crippen LogP contribution in [0, 0.1) is 5.92 Å². The van der Waals surface area contributed by atoms with Crippen LogP contribution in [0.15, 0.2) is 0 Å². The summed E-state index contributed by atoms with van der Waals surface area (Å²) in [5.74, 6) is 1.08. The van der Waals surface area contributed by atoms with Gasteiger partial charge >= 0.3 is 0 Å². The highest BCUT2D eigenvalue weighted by molar-refractivity contribution is 4.82. The zero-order valence-corrected chi connectivity index (χ0v) is 10.2. The van der Waals surface area contributed by atoms with Crippen LogP contribution in [0.3, 0.4) is 0 Å². The lowest BCUT2D eigenvalue weighted by Gasteiger charge is -2.19. The highest BCUT2D eigenvalue weighted by atomic mass is 16.5. The van der Waals surface area contributed by atoms with E-state index in [2.05, 4.69) is 19.2 Å². The molecule has 15 heavy (non-hydrogen) atoms. The number of hydrogen-bond acceptors (Lipinski definition) is 2. The monoisotopic (exact) mass is 211 g/mol. The van der Waals surface area contributed by atoms with Crippen LogP contribution >= 0.6 is 0 Å². The van der Waals surface area contributed by atoms with Gasteiger partial charge in [-0.05, 0) is 52.0 Å². The molecule has 1 heterocycles. The molecule has 1 N–H and O–H groups in total. The van der Waals surface area contributed by atoms with Crippen molar-refractivity contribution in [1.82, 2.24) is 5.32 Å². The molecule has 2 heteroatoms. The molecular weight excluding hydrogens is 186 g/mol. The lowest BCUT2D eigenvalue weighted by Crippen LogP contribution is -2.29. The molecule has 1 unspecified atom stereocenters. The molecule has 1 saturated heterocycles. The second kappa shape index (κ2) is 4.84. The van der Waals surface area contributed by atoms with Crippen LogP contribution in [0.5, 0.6) is 0 Å². The fraction of sp³-hybridized carbons (Fsp3) is 1.00. The molecule has 0 bridgehead atoms. The maximum atomic E-state index is 5.93. The summed E-state index contributed by atoms with van der Waals surface area (Å²) in [5.41, 5.74) is 0.125. The first-order valence-electron chi connectivity index (χ1n) is 6.54.